The van der Waals surface area contributed by atoms with Crippen LogP contribution in [0.4, 0.5) is 0 Å². The molecule has 0 spiro atoms. The van der Waals surface area contributed by atoms with E-state index in [1.807, 2.05) is 13.0 Å². The smallest absolute Gasteiger partial charge is 0.220 e. The van der Waals surface area contributed by atoms with Crippen molar-refractivity contribution in [1.29, 1.82) is 0 Å². The monoisotopic (exact) mass is 286 g/mol. The molecule has 1 aromatic rings. The van der Waals surface area contributed by atoms with Crippen LogP contribution in [0.15, 0.2) is 12.3 Å². The lowest BCUT2D eigenvalue weighted by Gasteiger charge is -2.05. The van der Waals surface area contributed by atoms with E-state index >= 15 is 0 Å². The van der Waals surface area contributed by atoms with Crippen LogP contribution >= 0.6 is 12.4 Å². The Bertz CT molecular complexity index is 373. The molecule has 1 aromatic heterocycles. The standard InChI is InChI=1S/C13H22N4O.ClH/c1-11-15-9-7-12(17-11)10-16-13(18)6-4-2-3-5-8-14;/h7,9H,2-6,8,10,14H2,1H3,(H,16,18);1H. The summed E-state index contributed by atoms with van der Waals surface area (Å²) in [5.41, 5.74) is 6.25. The van der Waals surface area contributed by atoms with Gasteiger partial charge in [-0.1, -0.05) is 12.8 Å². The predicted molar refractivity (Wildman–Crippen MR) is 78.0 cm³/mol. The molecular formula is C13H23ClN4O. The number of hydrogen-bond donors (Lipinski definition) is 2. The van der Waals surface area contributed by atoms with Gasteiger partial charge in [0.2, 0.25) is 5.91 Å². The van der Waals surface area contributed by atoms with E-state index in [0.29, 0.717) is 13.0 Å². The highest BCUT2D eigenvalue weighted by molar-refractivity contribution is 5.85. The van der Waals surface area contributed by atoms with Crippen LogP contribution < -0.4 is 11.1 Å². The quantitative estimate of drug-likeness (QED) is 0.713. The van der Waals surface area contributed by atoms with Gasteiger partial charge in [0.1, 0.15) is 5.82 Å². The number of carbonyl (C=O) groups is 1. The normalized spacial score (nSPS) is 9.79. The molecule has 0 radical (unpaired) electrons. The molecule has 5 nitrogen and oxygen atoms in total. The SMILES string of the molecule is Cc1nccc(CNC(=O)CCCCCCN)n1.Cl. The maximum atomic E-state index is 11.6. The molecule has 0 unspecified atom stereocenters. The molecule has 0 aliphatic heterocycles. The Balaban J connectivity index is 0.00000324. The molecule has 0 fully saturated rings. The topological polar surface area (TPSA) is 80.9 Å². The number of nitrogens with two attached hydrogens (primary N) is 1. The Morgan fingerprint density at radius 1 is 1.32 bits per heavy atom. The second-order valence-corrected chi connectivity index (χ2v) is 4.32. The Hall–Kier alpha value is -1.20. The number of aromatic nitrogens is 2. The minimum absolute atomic E-state index is 0. The van der Waals surface area contributed by atoms with Crippen LogP contribution in [0.3, 0.4) is 0 Å². The highest BCUT2D eigenvalue weighted by atomic mass is 35.5. The predicted octanol–water partition coefficient (Wildman–Crippen LogP) is 1.73. The fraction of sp³-hybridized carbons (Fsp3) is 0.615. The number of aryl methyl sites for hydroxylation is 1. The molecule has 0 aromatic carbocycles. The van der Waals surface area contributed by atoms with E-state index in [2.05, 4.69) is 15.3 Å². The molecule has 1 heterocycles. The zero-order valence-corrected chi connectivity index (χ0v) is 12.2. The number of nitrogens with one attached hydrogen (secondary N) is 1. The molecular weight excluding hydrogens is 264 g/mol. The number of unbranched alkanes of at least 4 members (excludes halogenated alkanes) is 3. The minimum Gasteiger partial charge on any atom is -0.350 e. The summed E-state index contributed by atoms with van der Waals surface area (Å²) in [4.78, 5) is 19.8. The first-order valence-electron chi connectivity index (χ1n) is 6.47. The Morgan fingerprint density at radius 2 is 2.05 bits per heavy atom. The first-order chi connectivity index (χ1) is 8.72. The van der Waals surface area contributed by atoms with Gasteiger partial charge in [0.15, 0.2) is 0 Å². The van der Waals surface area contributed by atoms with Crippen LogP contribution in [0, 0.1) is 6.92 Å². The molecule has 0 aliphatic rings. The van der Waals surface area contributed by atoms with E-state index in [-0.39, 0.29) is 18.3 Å². The summed E-state index contributed by atoms with van der Waals surface area (Å²) in [6.45, 7) is 3.05. The third kappa shape index (κ3) is 8.51. The van der Waals surface area contributed by atoms with E-state index in [9.17, 15) is 4.79 Å². The van der Waals surface area contributed by atoms with Crippen molar-refractivity contribution in [3.05, 3.63) is 23.8 Å². The van der Waals surface area contributed by atoms with Crippen molar-refractivity contribution >= 4 is 18.3 Å². The summed E-state index contributed by atoms with van der Waals surface area (Å²) < 4.78 is 0. The number of carbonyl (C=O) groups excluding carboxylic acids is 1. The molecule has 3 N–H and O–H groups in total. The largest absolute Gasteiger partial charge is 0.350 e. The van der Waals surface area contributed by atoms with E-state index < -0.39 is 0 Å². The van der Waals surface area contributed by atoms with E-state index in [0.717, 1.165) is 43.7 Å². The van der Waals surface area contributed by atoms with Crippen LogP contribution in [0.2, 0.25) is 0 Å². The van der Waals surface area contributed by atoms with Gasteiger partial charge in [0, 0.05) is 12.6 Å². The highest BCUT2D eigenvalue weighted by Gasteiger charge is 2.02. The van der Waals surface area contributed by atoms with Gasteiger partial charge in [0.05, 0.1) is 12.2 Å². The lowest BCUT2D eigenvalue weighted by Crippen LogP contribution is -2.23. The van der Waals surface area contributed by atoms with Gasteiger partial charge in [-0.2, -0.15) is 0 Å². The molecule has 6 heteroatoms. The molecule has 19 heavy (non-hydrogen) atoms. The highest BCUT2D eigenvalue weighted by Crippen LogP contribution is 2.02. The molecule has 1 rings (SSSR count). The van der Waals surface area contributed by atoms with E-state index in [1.165, 1.54) is 0 Å². The summed E-state index contributed by atoms with van der Waals surface area (Å²) in [5.74, 6) is 0.808. The third-order valence-corrected chi connectivity index (χ3v) is 2.66. The van der Waals surface area contributed by atoms with Crippen molar-refractivity contribution < 1.29 is 4.79 Å². The van der Waals surface area contributed by atoms with Gasteiger partial charge in [-0.3, -0.25) is 4.79 Å². The average Bonchev–Trinajstić information content (AvgIpc) is 2.36. The number of halogens is 1. The maximum Gasteiger partial charge on any atom is 0.220 e. The second-order valence-electron chi connectivity index (χ2n) is 4.32. The number of hydrogen-bond acceptors (Lipinski definition) is 4. The Labute approximate surface area is 120 Å². The molecule has 0 saturated heterocycles. The summed E-state index contributed by atoms with van der Waals surface area (Å²) in [6.07, 6.45) is 6.42. The van der Waals surface area contributed by atoms with E-state index in [1.54, 1.807) is 6.20 Å². The number of nitrogens with zero attached hydrogens (tertiary/aromatic N) is 2. The van der Waals surface area contributed by atoms with Gasteiger partial charge < -0.3 is 11.1 Å². The number of amides is 1. The summed E-state index contributed by atoms with van der Waals surface area (Å²) in [7, 11) is 0. The van der Waals surface area contributed by atoms with Crippen LogP contribution in [0.25, 0.3) is 0 Å². The van der Waals surface area contributed by atoms with Crippen molar-refractivity contribution in [3.63, 3.8) is 0 Å². The van der Waals surface area contributed by atoms with Gasteiger partial charge in [-0.25, -0.2) is 9.97 Å². The van der Waals surface area contributed by atoms with Gasteiger partial charge in [0.25, 0.3) is 0 Å². The van der Waals surface area contributed by atoms with E-state index in [4.69, 9.17) is 5.73 Å². The average molecular weight is 287 g/mol. The summed E-state index contributed by atoms with van der Waals surface area (Å²) in [5, 5.41) is 2.86. The van der Waals surface area contributed by atoms with Gasteiger partial charge >= 0.3 is 0 Å². The minimum atomic E-state index is 0. The number of rotatable bonds is 8. The molecule has 0 aliphatic carbocycles. The maximum absolute atomic E-state index is 11.6. The molecule has 108 valence electrons. The van der Waals surface area contributed by atoms with Crippen LogP contribution in [0.1, 0.15) is 43.6 Å². The van der Waals surface area contributed by atoms with Crippen LogP contribution in [-0.4, -0.2) is 22.4 Å². The molecule has 1 amide bonds. The van der Waals surface area contributed by atoms with Crippen LogP contribution in [0.5, 0.6) is 0 Å². The zero-order valence-electron chi connectivity index (χ0n) is 11.4. The zero-order chi connectivity index (χ0) is 13.2. The fourth-order valence-electron chi connectivity index (χ4n) is 1.66. The summed E-state index contributed by atoms with van der Waals surface area (Å²) >= 11 is 0. The van der Waals surface area contributed by atoms with Crippen LogP contribution in [-0.2, 0) is 11.3 Å². The van der Waals surface area contributed by atoms with Crippen molar-refractivity contribution in [2.24, 2.45) is 5.73 Å². The van der Waals surface area contributed by atoms with Crippen molar-refractivity contribution in [2.75, 3.05) is 6.54 Å². The Kier molecular flexibility index (Phi) is 10.0. The first-order valence-corrected chi connectivity index (χ1v) is 6.47. The van der Waals surface area contributed by atoms with Crippen molar-refractivity contribution in [3.8, 4) is 0 Å². The van der Waals surface area contributed by atoms with Crippen molar-refractivity contribution in [2.45, 2.75) is 45.6 Å². The fourth-order valence-corrected chi connectivity index (χ4v) is 1.66. The lowest BCUT2D eigenvalue weighted by atomic mass is 10.1. The molecule has 0 atom stereocenters. The lowest BCUT2D eigenvalue weighted by molar-refractivity contribution is -0.121. The van der Waals surface area contributed by atoms with Crippen molar-refractivity contribution in [1.82, 2.24) is 15.3 Å². The third-order valence-electron chi connectivity index (χ3n) is 2.66. The molecule has 0 bridgehead atoms. The Morgan fingerprint density at radius 3 is 2.74 bits per heavy atom. The van der Waals surface area contributed by atoms with Gasteiger partial charge in [-0.15, -0.1) is 12.4 Å². The molecule has 0 saturated carbocycles. The summed E-state index contributed by atoms with van der Waals surface area (Å²) in [6, 6.07) is 1.81. The second kappa shape index (κ2) is 10.7. The first kappa shape index (κ1) is 17.8. The van der Waals surface area contributed by atoms with Gasteiger partial charge in [-0.05, 0) is 32.4 Å².